The Bertz CT molecular complexity index is 630. The molecule has 0 radical (unpaired) electrons. The predicted octanol–water partition coefficient (Wildman–Crippen LogP) is 2.19. The van der Waals surface area contributed by atoms with Gasteiger partial charge >= 0.3 is 5.97 Å². The third-order valence-corrected chi connectivity index (χ3v) is 3.96. The molecule has 0 saturated heterocycles. The molecule has 1 aromatic rings. The molecule has 2 atom stereocenters. The summed E-state index contributed by atoms with van der Waals surface area (Å²) in [5.74, 6) is -0.0327. The van der Waals surface area contributed by atoms with Gasteiger partial charge in [-0.15, -0.1) is 0 Å². The van der Waals surface area contributed by atoms with E-state index in [1.54, 1.807) is 23.8 Å². The van der Waals surface area contributed by atoms with E-state index in [1.165, 1.54) is 13.1 Å². The molecule has 112 valence electrons. The van der Waals surface area contributed by atoms with Crippen LogP contribution in [0.2, 0.25) is 0 Å². The second kappa shape index (κ2) is 5.37. The normalized spacial score (nSPS) is 24.3. The number of esters is 1. The summed E-state index contributed by atoms with van der Waals surface area (Å²) in [6.45, 7) is 1.36. The fraction of sp³-hybridized carbons (Fsp3) is 0.467. The number of hydroxylamine groups is 1. The lowest BCUT2D eigenvalue weighted by Crippen LogP contribution is -2.26. The van der Waals surface area contributed by atoms with Crippen LogP contribution in [0.3, 0.4) is 0 Å². The number of rotatable bonds is 2. The van der Waals surface area contributed by atoms with Gasteiger partial charge < -0.3 is 14.7 Å². The Kier molecular flexibility index (Phi) is 3.55. The number of carbonyl (C=O) groups excluding carboxylic acids is 1. The Hall–Kier alpha value is -2.08. The van der Waals surface area contributed by atoms with Gasteiger partial charge in [0.15, 0.2) is 5.70 Å². The maximum atomic E-state index is 12.3. The van der Waals surface area contributed by atoms with Crippen molar-refractivity contribution < 1.29 is 19.0 Å². The zero-order valence-corrected chi connectivity index (χ0v) is 12.1. The number of nitrogens with zero attached hydrogens (tertiary/aromatic N) is 2. The predicted molar refractivity (Wildman–Crippen MR) is 76.0 cm³/mol. The molecule has 1 aliphatic heterocycles. The smallest absolute Gasteiger partial charge is 0.309 e. The second-order valence-electron chi connectivity index (χ2n) is 5.31. The molecule has 0 bridgehead atoms. The third kappa shape index (κ3) is 2.35. The van der Waals surface area contributed by atoms with Crippen molar-refractivity contribution in [3.8, 4) is 5.88 Å². The zero-order chi connectivity index (χ0) is 15.0. The second-order valence-corrected chi connectivity index (χ2v) is 5.31. The van der Waals surface area contributed by atoms with Crippen LogP contribution in [0.15, 0.2) is 23.9 Å². The number of allylic oxidation sites excluding steroid dienone is 1. The highest BCUT2D eigenvalue weighted by Crippen LogP contribution is 2.39. The van der Waals surface area contributed by atoms with Gasteiger partial charge in [0.2, 0.25) is 12.1 Å². The Morgan fingerprint density at radius 3 is 3.00 bits per heavy atom. The van der Waals surface area contributed by atoms with E-state index < -0.39 is 5.97 Å². The minimum absolute atomic E-state index is 0.0412. The van der Waals surface area contributed by atoms with Crippen LogP contribution in [0.25, 0.3) is 0 Å². The minimum atomic E-state index is -0.395. The van der Waals surface area contributed by atoms with Gasteiger partial charge in [-0.25, -0.2) is 0 Å². The highest BCUT2D eigenvalue weighted by atomic mass is 16.6. The van der Waals surface area contributed by atoms with Gasteiger partial charge in [0.1, 0.15) is 11.9 Å². The Labute approximate surface area is 122 Å². The van der Waals surface area contributed by atoms with Crippen LogP contribution in [-0.4, -0.2) is 28.6 Å². The average Bonchev–Trinajstić information content (AvgIpc) is 2.77. The molecule has 0 fully saturated rings. The van der Waals surface area contributed by atoms with Crippen molar-refractivity contribution in [2.75, 3.05) is 7.11 Å². The Morgan fingerprint density at radius 1 is 1.48 bits per heavy atom. The molecule has 6 heteroatoms. The molecule has 1 aromatic heterocycles. The first kappa shape index (κ1) is 13.9. The van der Waals surface area contributed by atoms with Crippen molar-refractivity contribution in [3.63, 3.8) is 0 Å². The largest absolute Gasteiger partial charge is 0.618 e. The number of carbonyl (C=O) groups is 1. The first-order chi connectivity index (χ1) is 10.1. The van der Waals surface area contributed by atoms with E-state index in [1.807, 2.05) is 6.08 Å². The van der Waals surface area contributed by atoms with E-state index in [9.17, 15) is 10.0 Å². The van der Waals surface area contributed by atoms with Crippen molar-refractivity contribution in [2.24, 2.45) is 5.92 Å². The van der Waals surface area contributed by atoms with Crippen LogP contribution >= 0.6 is 0 Å². The molecule has 21 heavy (non-hydrogen) atoms. The van der Waals surface area contributed by atoms with Gasteiger partial charge in [-0.3, -0.25) is 9.36 Å². The third-order valence-electron chi connectivity index (χ3n) is 3.96. The maximum absolute atomic E-state index is 12.3. The number of hydrogen-bond acceptors (Lipinski definition) is 4. The van der Waals surface area contributed by atoms with E-state index in [0.717, 1.165) is 29.7 Å². The van der Waals surface area contributed by atoms with Gasteiger partial charge in [0.05, 0.1) is 5.92 Å². The number of aromatic nitrogens is 1. The molecule has 0 N–H and O–H groups in total. The standard InChI is InChI=1S/C15H18N2O4/c1-10(18)21-14-8-7-11-9-16(19)13-6-4-3-5-12(13)15(20-2)17(11)14/h6-9,12,15H,3-5H2,1-2H3. The van der Waals surface area contributed by atoms with Crippen LogP contribution in [0.5, 0.6) is 5.88 Å². The summed E-state index contributed by atoms with van der Waals surface area (Å²) >= 11 is 0. The van der Waals surface area contributed by atoms with E-state index >= 15 is 0 Å². The van der Waals surface area contributed by atoms with Gasteiger partial charge in [-0.1, -0.05) is 0 Å². The summed E-state index contributed by atoms with van der Waals surface area (Å²) in [7, 11) is 1.61. The van der Waals surface area contributed by atoms with Crippen LogP contribution in [-0.2, 0) is 9.53 Å². The first-order valence-electron chi connectivity index (χ1n) is 7.05. The molecule has 2 aliphatic rings. The van der Waals surface area contributed by atoms with Crippen molar-refractivity contribution in [2.45, 2.75) is 32.4 Å². The summed E-state index contributed by atoms with van der Waals surface area (Å²) < 4.78 is 13.6. The molecule has 0 amide bonds. The number of ether oxygens (including phenoxy) is 2. The van der Waals surface area contributed by atoms with Gasteiger partial charge in [-0.2, -0.15) is 4.74 Å². The Balaban J connectivity index is 2.13. The summed E-state index contributed by atoms with van der Waals surface area (Å²) in [6.07, 6.45) is 5.92. The highest BCUT2D eigenvalue weighted by molar-refractivity contribution is 5.76. The SMILES string of the molecule is COC1C2CCCC=C2[N+]([O-])=Cc2ccc(OC(C)=O)n21. The van der Waals surface area contributed by atoms with Crippen LogP contribution in [0.4, 0.5) is 0 Å². The van der Waals surface area contributed by atoms with Crippen molar-refractivity contribution >= 4 is 12.2 Å². The fourth-order valence-electron chi connectivity index (χ4n) is 3.13. The van der Waals surface area contributed by atoms with Gasteiger partial charge in [0, 0.05) is 20.1 Å². The molecular formula is C15H18N2O4. The first-order valence-corrected chi connectivity index (χ1v) is 7.05. The molecular weight excluding hydrogens is 272 g/mol. The van der Waals surface area contributed by atoms with E-state index in [4.69, 9.17) is 9.47 Å². The monoisotopic (exact) mass is 290 g/mol. The number of methoxy groups -OCH3 is 1. The lowest BCUT2D eigenvalue weighted by atomic mass is 9.90. The summed E-state index contributed by atoms with van der Waals surface area (Å²) in [5.41, 5.74) is 1.40. The molecule has 0 saturated carbocycles. The number of fused-ring (bicyclic) bond motifs is 2. The summed E-state index contributed by atoms with van der Waals surface area (Å²) in [4.78, 5) is 11.3. The van der Waals surface area contributed by atoms with E-state index in [0.29, 0.717) is 11.6 Å². The van der Waals surface area contributed by atoms with Crippen molar-refractivity contribution in [3.05, 3.63) is 34.8 Å². The molecule has 2 unspecified atom stereocenters. The lowest BCUT2D eigenvalue weighted by molar-refractivity contribution is -0.409. The zero-order valence-electron chi connectivity index (χ0n) is 12.1. The molecule has 1 aliphatic carbocycles. The lowest BCUT2D eigenvalue weighted by Gasteiger charge is -2.28. The van der Waals surface area contributed by atoms with Gasteiger partial charge in [0.25, 0.3) is 0 Å². The molecule has 0 spiro atoms. The van der Waals surface area contributed by atoms with Crippen molar-refractivity contribution in [1.82, 2.24) is 4.57 Å². The molecule has 0 aromatic carbocycles. The summed E-state index contributed by atoms with van der Waals surface area (Å²) in [5, 5.41) is 12.3. The Morgan fingerprint density at radius 2 is 2.29 bits per heavy atom. The van der Waals surface area contributed by atoms with E-state index in [-0.39, 0.29) is 12.1 Å². The molecule has 6 nitrogen and oxygen atoms in total. The topological polar surface area (TPSA) is 66.5 Å². The molecule has 2 heterocycles. The maximum Gasteiger partial charge on any atom is 0.309 e. The van der Waals surface area contributed by atoms with Crippen LogP contribution in [0, 0.1) is 11.1 Å². The summed E-state index contributed by atoms with van der Waals surface area (Å²) in [6, 6.07) is 3.44. The van der Waals surface area contributed by atoms with Crippen LogP contribution < -0.4 is 4.74 Å². The molecule has 3 rings (SSSR count). The highest BCUT2D eigenvalue weighted by Gasteiger charge is 2.38. The van der Waals surface area contributed by atoms with Gasteiger partial charge in [-0.05, 0) is 31.4 Å². The van der Waals surface area contributed by atoms with Crippen LogP contribution in [0.1, 0.15) is 38.1 Å². The van der Waals surface area contributed by atoms with E-state index in [2.05, 4.69) is 0 Å². The van der Waals surface area contributed by atoms with Crippen molar-refractivity contribution in [1.29, 1.82) is 0 Å². The quantitative estimate of drug-likeness (QED) is 0.476. The fourth-order valence-corrected chi connectivity index (χ4v) is 3.13. The number of hydrogen-bond donors (Lipinski definition) is 0. The minimum Gasteiger partial charge on any atom is -0.618 e. The average molecular weight is 290 g/mol.